The van der Waals surface area contributed by atoms with Crippen LogP contribution in [0.1, 0.15) is 10.5 Å². The Balaban J connectivity index is 1.68. The van der Waals surface area contributed by atoms with E-state index in [-0.39, 0.29) is 5.91 Å². The van der Waals surface area contributed by atoms with Gasteiger partial charge in [0.25, 0.3) is 5.91 Å². The van der Waals surface area contributed by atoms with Crippen molar-refractivity contribution >= 4 is 57.3 Å². The molecule has 122 valence electrons. The van der Waals surface area contributed by atoms with Gasteiger partial charge in [0.2, 0.25) is 0 Å². The zero-order chi connectivity index (χ0) is 17.1. The second-order valence-electron chi connectivity index (χ2n) is 4.86. The van der Waals surface area contributed by atoms with Crippen LogP contribution in [0.3, 0.4) is 0 Å². The number of amides is 1. The Morgan fingerprint density at radius 3 is 2.42 bits per heavy atom. The van der Waals surface area contributed by atoms with Gasteiger partial charge in [-0.15, -0.1) is 10.2 Å². The Morgan fingerprint density at radius 1 is 1.12 bits per heavy atom. The molecule has 0 unspecified atom stereocenters. The first-order valence-corrected chi connectivity index (χ1v) is 8.34. The van der Waals surface area contributed by atoms with Gasteiger partial charge in [-0.2, -0.15) is 5.10 Å². The second-order valence-corrected chi connectivity index (χ2v) is 6.41. The molecule has 1 aromatic carbocycles. The van der Waals surface area contributed by atoms with Crippen LogP contribution in [-0.2, 0) is 7.05 Å². The quantitative estimate of drug-likeness (QED) is 0.590. The number of aryl methyl sites for hydroxylation is 1. The number of rotatable bonds is 4. The lowest BCUT2D eigenvalue weighted by atomic mass is 10.2. The summed E-state index contributed by atoms with van der Waals surface area (Å²) in [4.78, 5) is 12.3. The van der Waals surface area contributed by atoms with E-state index < -0.39 is 0 Å². The second kappa shape index (κ2) is 7.14. The lowest BCUT2D eigenvalue weighted by molar-refractivity contribution is 0.101. The fourth-order valence-corrected chi connectivity index (χ4v) is 2.84. The third kappa shape index (κ3) is 3.82. The number of carbonyl (C=O) groups is 1. The summed E-state index contributed by atoms with van der Waals surface area (Å²) in [6.07, 6.45) is 1.65. The summed E-state index contributed by atoms with van der Waals surface area (Å²) in [5, 5.41) is 18.0. The third-order valence-electron chi connectivity index (χ3n) is 3.16. The van der Waals surface area contributed by atoms with Gasteiger partial charge in [-0.3, -0.25) is 9.48 Å². The Kier molecular flexibility index (Phi) is 4.95. The van der Waals surface area contributed by atoms with E-state index >= 15 is 0 Å². The first kappa shape index (κ1) is 16.7. The molecule has 2 heterocycles. The molecule has 0 aliphatic rings. The minimum absolute atomic E-state index is 0.205. The predicted octanol–water partition coefficient (Wildman–Crippen LogP) is 3.46. The maximum Gasteiger partial charge on any atom is 0.275 e. The van der Waals surface area contributed by atoms with Gasteiger partial charge in [0.1, 0.15) is 5.69 Å². The Bertz CT molecular complexity index is 843. The van der Waals surface area contributed by atoms with E-state index in [0.29, 0.717) is 22.4 Å². The number of hydrogen-bond acceptors (Lipinski definition) is 5. The molecule has 0 bridgehead atoms. The Hall–Kier alpha value is -2.20. The van der Waals surface area contributed by atoms with Gasteiger partial charge < -0.3 is 10.6 Å². The normalized spacial score (nSPS) is 10.5. The Morgan fingerprint density at radius 2 is 1.83 bits per heavy atom. The number of hydrogen-bond donors (Lipinski definition) is 2. The number of benzene rings is 1. The van der Waals surface area contributed by atoms with E-state index in [2.05, 4.69) is 48.5 Å². The highest BCUT2D eigenvalue weighted by molar-refractivity contribution is 14.1. The van der Waals surface area contributed by atoms with Crippen molar-refractivity contribution in [3.8, 4) is 0 Å². The van der Waals surface area contributed by atoms with Crippen molar-refractivity contribution in [1.29, 1.82) is 0 Å². The minimum atomic E-state index is -0.205. The fraction of sp³-hybridized carbons (Fsp3) is 0.0667. The topological polar surface area (TPSA) is 84.7 Å². The molecule has 0 spiro atoms. The number of nitrogens with zero attached hydrogens (tertiary/aromatic N) is 4. The SMILES string of the molecule is Cn1ncc(I)c1C(=O)Nc1ccc(Nc2ccc(Cl)nn2)cc1. The summed E-state index contributed by atoms with van der Waals surface area (Å²) < 4.78 is 2.35. The van der Waals surface area contributed by atoms with Crippen LogP contribution in [0.25, 0.3) is 0 Å². The van der Waals surface area contributed by atoms with Crippen molar-refractivity contribution in [3.05, 3.63) is 57.0 Å². The van der Waals surface area contributed by atoms with Crippen LogP contribution in [0.2, 0.25) is 5.15 Å². The van der Waals surface area contributed by atoms with Crippen LogP contribution in [0.5, 0.6) is 0 Å². The molecule has 2 aromatic heterocycles. The van der Waals surface area contributed by atoms with Crippen molar-refractivity contribution in [2.24, 2.45) is 7.05 Å². The standard InChI is InChI=1S/C15H12ClIN6O/c1-23-14(11(17)8-18-23)15(24)20-10-4-2-9(3-5-10)19-13-7-6-12(16)21-22-13/h2-8H,1H3,(H,19,22)(H,20,24). The van der Waals surface area contributed by atoms with Crippen LogP contribution >= 0.6 is 34.2 Å². The first-order chi connectivity index (χ1) is 11.5. The minimum Gasteiger partial charge on any atom is -0.339 e. The summed E-state index contributed by atoms with van der Waals surface area (Å²) in [7, 11) is 1.73. The lowest BCUT2D eigenvalue weighted by Crippen LogP contribution is -2.17. The number of halogens is 2. The number of carbonyl (C=O) groups excluding carboxylic acids is 1. The van der Waals surface area contributed by atoms with Gasteiger partial charge >= 0.3 is 0 Å². The molecule has 2 N–H and O–H groups in total. The van der Waals surface area contributed by atoms with Gasteiger partial charge in [0.05, 0.1) is 9.77 Å². The van der Waals surface area contributed by atoms with Gasteiger partial charge in [-0.1, -0.05) is 11.6 Å². The van der Waals surface area contributed by atoms with Crippen molar-refractivity contribution in [2.45, 2.75) is 0 Å². The van der Waals surface area contributed by atoms with Crippen LogP contribution in [0, 0.1) is 3.57 Å². The van der Waals surface area contributed by atoms with Gasteiger partial charge in [0.15, 0.2) is 11.0 Å². The van der Waals surface area contributed by atoms with Crippen molar-refractivity contribution in [3.63, 3.8) is 0 Å². The molecule has 0 saturated heterocycles. The molecule has 0 aliphatic heterocycles. The van der Waals surface area contributed by atoms with E-state index in [9.17, 15) is 4.79 Å². The molecule has 0 fully saturated rings. The third-order valence-corrected chi connectivity index (χ3v) is 4.15. The van der Waals surface area contributed by atoms with E-state index in [1.165, 1.54) is 0 Å². The molecule has 0 radical (unpaired) electrons. The van der Waals surface area contributed by atoms with Crippen molar-refractivity contribution < 1.29 is 4.79 Å². The largest absolute Gasteiger partial charge is 0.339 e. The van der Waals surface area contributed by atoms with E-state index in [0.717, 1.165) is 9.26 Å². The zero-order valence-corrected chi connectivity index (χ0v) is 15.4. The molecule has 7 nitrogen and oxygen atoms in total. The summed E-state index contributed by atoms with van der Waals surface area (Å²) in [6.45, 7) is 0. The highest BCUT2D eigenvalue weighted by Crippen LogP contribution is 2.19. The monoisotopic (exact) mass is 454 g/mol. The molecule has 3 rings (SSSR count). The maximum atomic E-state index is 12.3. The van der Waals surface area contributed by atoms with Crippen LogP contribution in [0.4, 0.5) is 17.2 Å². The zero-order valence-electron chi connectivity index (χ0n) is 12.5. The molecule has 0 atom stereocenters. The molecule has 1 amide bonds. The van der Waals surface area contributed by atoms with E-state index in [1.807, 2.05) is 12.1 Å². The van der Waals surface area contributed by atoms with Crippen LogP contribution in [-0.4, -0.2) is 25.9 Å². The Labute approximate surface area is 156 Å². The van der Waals surface area contributed by atoms with Gasteiger partial charge in [-0.25, -0.2) is 0 Å². The van der Waals surface area contributed by atoms with Crippen molar-refractivity contribution in [2.75, 3.05) is 10.6 Å². The van der Waals surface area contributed by atoms with E-state index in [4.69, 9.17) is 11.6 Å². The molecule has 0 saturated carbocycles. The smallest absolute Gasteiger partial charge is 0.275 e. The summed E-state index contributed by atoms with van der Waals surface area (Å²) >= 11 is 7.78. The lowest BCUT2D eigenvalue weighted by Gasteiger charge is -2.08. The average molecular weight is 455 g/mol. The highest BCUT2D eigenvalue weighted by atomic mass is 127. The summed E-state index contributed by atoms with van der Waals surface area (Å²) in [5.41, 5.74) is 2.03. The molecule has 0 aliphatic carbocycles. The highest BCUT2D eigenvalue weighted by Gasteiger charge is 2.15. The number of nitrogens with one attached hydrogen (secondary N) is 2. The fourth-order valence-electron chi connectivity index (χ4n) is 2.02. The van der Waals surface area contributed by atoms with Crippen molar-refractivity contribution in [1.82, 2.24) is 20.0 Å². The molecular formula is C15H12ClIN6O. The molecule has 9 heteroatoms. The van der Waals surface area contributed by atoms with E-state index in [1.54, 1.807) is 42.2 Å². The number of anilines is 3. The molecule has 24 heavy (non-hydrogen) atoms. The molecular weight excluding hydrogens is 443 g/mol. The summed E-state index contributed by atoms with van der Waals surface area (Å²) in [6, 6.07) is 10.6. The average Bonchev–Trinajstić information content (AvgIpc) is 2.90. The van der Waals surface area contributed by atoms with Gasteiger partial charge in [0, 0.05) is 18.4 Å². The number of aromatic nitrogens is 4. The van der Waals surface area contributed by atoms with Gasteiger partial charge in [-0.05, 0) is 59.0 Å². The van der Waals surface area contributed by atoms with Crippen LogP contribution in [0.15, 0.2) is 42.6 Å². The van der Waals surface area contributed by atoms with Crippen LogP contribution < -0.4 is 10.6 Å². The molecule has 3 aromatic rings. The first-order valence-electron chi connectivity index (χ1n) is 6.88. The maximum absolute atomic E-state index is 12.3. The summed E-state index contributed by atoms with van der Waals surface area (Å²) in [5.74, 6) is 0.379. The predicted molar refractivity (Wildman–Crippen MR) is 101 cm³/mol.